The number of imidazole rings is 2. The molecule has 1 aliphatic heterocycles. The van der Waals surface area contributed by atoms with Crippen LogP contribution in [0.25, 0.3) is 11.1 Å². The van der Waals surface area contributed by atoms with Crippen molar-refractivity contribution in [3.05, 3.63) is 102 Å². The van der Waals surface area contributed by atoms with E-state index in [1.165, 1.54) is 6.33 Å². The Morgan fingerprint density at radius 2 is 1.77 bits per heavy atom. The average molecular weight is 558 g/mol. The smallest absolute Gasteiger partial charge is 0.262 e. The van der Waals surface area contributed by atoms with Crippen LogP contribution >= 0.6 is 0 Å². The topological polar surface area (TPSA) is 102 Å². The molecular weight excluding hydrogens is 526 g/mol. The monoisotopic (exact) mass is 557 g/mol. The molecule has 206 valence electrons. The molecule has 0 saturated carbocycles. The molecule has 1 unspecified atom stereocenters. The van der Waals surface area contributed by atoms with E-state index >= 15 is 0 Å². The number of aryl methyl sites for hydroxylation is 3. The third-order valence-corrected chi connectivity index (χ3v) is 9.15. The number of hydrogen-bond acceptors (Lipinski definition) is 7. The molecule has 5 aromatic rings. The summed E-state index contributed by atoms with van der Waals surface area (Å²) >= 11 is 0. The molecule has 0 bridgehead atoms. The van der Waals surface area contributed by atoms with Crippen molar-refractivity contribution < 1.29 is 12.9 Å². The van der Waals surface area contributed by atoms with Crippen molar-refractivity contribution in [3.8, 4) is 11.1 Å². The Morgan fingerprint density at radius 3 is 2.45 bits per heavy atom. The van der Waals surface area contributed by atoms with Gasteiger partial charge in [-0.05, 0) is 42.2 Å². The Hall–Kier alpha value is -4.22. The fraction of sp³-hybridized carbons (Fsp3) is 0.276. The van der Waals surface area contributed by atoms with Crippen molar-refractivity contribution in [1.82, 2.24) is 28.6 Å². The van der Waals surface area contributed by atoms with Gasteiger partial charge in [0.15, 0.2) is 5.03 Å². The van der Waals surface area contributed by atoms with Crippen LogP contribution in [-0.2, 0) is 43.6 Å². The molecular formula is C29H31N7O3S. The molecule has 0 saturated heterocycles. The number of nitrogens with zero attached hydrogens (tertiary/aromatic N) is 7. The number of aromatic nitrogens is 5. The summed E-state index contributed by atoms with van der Waals surface area (Å²) in [4.78, 5) is 11.0. The van der Waals surface area contributed by atoms with Crippen LogP contribution in [0.15, 0.2) is 89.3 Å². The molecule has 1 atom stereocenters. The Labute approximate surface area is 233 Å². The first kappa shape index (κ1) is 26.0. The summed E-state index contributed by atoms with van der Waals surface area (Å²) < 4.78 is 38.6. The van der Waals surface area contributed by atoms with Gasteiger partial charge in [-0.25, -0.2) is 18.4 Å². The van der Waals surface area contributed by atoms with E-state index in [4.69, 9.17) is 4.52 Å². The predicted octanol–water partition coefficient (Wildman–Crippen LogP) is 3.94. The maximum absolute atomic E-state index is 14.1. The van der Waals surface area contributed by atoms with Gasteiger partial charge in [-0.15, -0.1) is 0 Å². The summed E-state index contributed by atoms with van der Waals surface area (Å²) in [6.07, 6.45) is 8.95. The highest BCUT2D eigenvalue weighted by Gasteiger charge is 2.38. The van der Waals surface area contributed by atoms with Crippen LogP contribution in [0.1, 0.15) is 22.6 Å². The van der Waals surface area contributed by atoms with Gasteiger partial charge in [0.2, 0.25) is 0 Å². The third-order valence-electron chi connectivity index (χ3n) is 7.36. The molecule has 0 fully saturated rings. The number of hydrogen-bond donors (Lipinski definition) is 0. The molecule has 6 rings (SSSR count). The SMILES string of the molecule is Cc1oncc1CN(C1Cc2cc(-c3ccccc3)ccc2N(Cc2cn(C)cn2)C1)S(=O)(=O)c1cn(C)cn1. The standard InChI is InChI=1S/C29H31N7O3S/c1-21-25(13-32-39-21)14-36(40(37,38)29-18-34(3)20-31-29)27-12-24-11-23(22-7-5-4-6-8-22)9-10-28(24)35(17-27)16-26-15-33(2)19-30-26/h4-11,13,15,18-20,27H,12,14,16-17H2,1-3H3. The lowest BCUT2D eigenvalue weighted by Crippen LogP contribution is -2.50. The molecule has 0 radical (unpaired) electrons. The molecule has 0 spiro atoms. The zero-order chi connectivity index (χ0) is 27.9. The molecule has 0 N–H and O–H groups in total. The number of fused-ring (bicyclic) bond motifs is 1. The normalized spacial score (nSPS) is 15.5. The van der Waals surface area contributed by atoms with E-state index in [-0.39, 0.29) is 17.6 Å². The number of sulfonamides is 1. The van der Waals surface area contributed by atoms with Crippen LogP contribution in [0.4, 0.5) is 5.69 Å². The van der Waals surface area contributed by atoms with Gasteiger partial charge in [0.1, 0.15) is 5.76 Å². The van der Waals surface area contributed by atoms with Crippen LogP contribution in [-0.4, -0.2) is 49.6 Å². The fourth-order valence-electron chi connectivity index (χ4n) is 5.32. The van der Waals surface area contributed by atoms with E-state index in [0.717, 1.165) is 33.6 Å². The summed E-state index contributed by atoms with van der Waals surface area (Å²) in [6, 6.07) is 16.3. The minimum atomic E-state index is -3.94. The van der Waals surface area contributed by atoms with Gasteiger partial charge in [0.25, 0.3) is 10.0 Å². The van der Waals surface area contributed by atoms with Crippen LogP contribution in [0, 0.1) is 6.92 Å². The summed E-state index contributed by atoms with van der Waals surface area (Å²) in [5.41, 5.74) is 6.00. The summed E-state index contributed by atoms with van der Waals surface area (Å²) in [5, 5.41) is 3.91. The molecule has 2 aromatic carbocycles. The summed E-state index contributed by atoms with van der Waals surface area (Å²) in [6.45, 7) is 2.97. The number of benzene rings is 2. The van der Waals surface area contributed by atoms with E-state index in [9.17, 15) is 8.42 Å². The van der Waals surface area contributed by atoms with E-state index in [1.807, 2.05) is 36.0 Å². The van der Waals surface area contributed by atoms with Crippen LogP contribution in [0.3, 0.4) is 0 Å². The number of anilines is 1. The molecule has 4 heterocycles. The molecule has 0 amide bonds. The highest BCUT2D eigenvalue weighted by molar-refractivity contribution is 7.89. The lowest BCUT2D eigenvalue weighted by molar-refractivity contribution is 0.299. The maximum atomic E-state index is 14.1. The first-order valence-corrected chi connectivity index (χ1v) is 14.5. The Balaban J connectivity index is 1.43. The van der Waals surface area contributed by atoms with Crippen molar-refractivity contribution in [2.75, 3.05) is 11.4 Å². The average Bonchev–Trinajstić information content (AvgIpc) is 3.69. The Bertz CT molecular complexity index is 1740. The van der Waals surface area contributed by atoms with Gasteiger partial charge in [-0.3, -0.25) is 0 Å². The molecule has 1 aliphatic rings. The van der Waals surface area contributed by atoms with Crippen molar-refractivity contribution >= 4 is 15.7 Å². The maximum Gasteiger partial charge on any atom is 0.262 e. The molecule has 40 heavy (non-hydrogen) atoms. The molecule has 11 heteroatoms. The van der Waals surface area contributed by atoms with Crippen molar-refractivity contribution in [2.45, 2.75) is 37.5 Å². The van der Waals surface area contributed by atoms with Gasteiger partial charge in [0, 0.05) is 56.9 Å². The van der Waals surface area contributed by atoms with Crippen LogP contribution < -0.4 is 4.90 Å². The van der Waals surface area contributed by atoms with Crippen LogP contribution in [0.5, 0.6) is 0 Å². The van der Waals surface area contributed by atoms with Crippen molar-refractivity contribution in [3.63, 3.8) is 0 Å². The second-order valence-corrected chi connectivity index (χ2v) is 12.2. The zero-order valence-corrected chi connectivity index (χ0v) is 23.5. The Kier molecular flexibility index (Phi) is 6.77. The van der Waals surface area contributed by atoms with Gasteiger partial charge in [-0.2, -0.15) is 4.31 Å². The van der Waals surface area contributed by atoms with Gasteiger partial charge < -0.3 is 18.6 Å². The van der Waals surface area contributed by atoms with Gasteiger partial charge in [-0.1, -0.05) is 41.6 Å². The van der Waals surface area contributed by atoms with Gasteiger partial charge >= 0.3 is 0 Å². The highest BCUT2D eigenvalue weighted by atomic mass is 32.2. The van der Waals surface area contributed by atoms with Gasteiger partial charge in [0.05, 0.1) is 31.1 Å². The van der Waals surface area contributed by atoms with E-state index in [0.29, 0.717) is 25.3 Å². The molecule has 10 nitrogen and oxygen atoms in total. The van der Waals surface area contributed by atoms with E-state index in [1.54, 1.807) is 41.6 Å². The third kappa shape index (κ3) is 5.05. The first-order chi connectivity index (χ1) is 19.3. The quantitative estimate of drug-likeness (QED) is 0.285. The first-order valence-electron chi connectivity index (χ1n) is 13.1. The fourth-order valence-corrected chi connectivity index (χ4v) is 6.88. The van der Waals surface area contributed by atoms with E-state index < -0.39 is 10.0 Å². The summed E-state index contributed by atoms with van der Waals surface area (Å²) in [7, 11) is -0.241. The Morgan fingerprint density at radius 1 is 1.00 bits per heavy atom. The lowest BCUT2D eigenvalue weighted by atomic mass is 9.93. The second kappa shape index (κ2) is 10.4. The highest BCUT2D eigenvalue weighted by Crippen LogP contribution is 2.36. The zero-order valence-electron chi connectivity index (χ0n) is 22.7. The molecule has 3 aromatic heterocycles. The lowest BCUT2D eigenvalue weighted by Gasteiger charge is -2.40. The minimum absolute atomic E-state index is 0.0178. The van der Waals surface area contributed by atoms with Crippen LogP contribution in [0.2, 0.25) is 0 Å². The minimum Gasteiger partial charge on any atom is -0.364 e. The predicted molar refractivity (Wildman–Crippen MR) is 151 cm³/mol. The van der Waals surface area contributed by atoms with Crippen molar-refractivity contribution in [2.24, 2.45) is 14.1 Å². The molecule has 0 aliphatic carbocycles. The number of rotatable bonds is 8. The largest absolute Gasteiger partial charge is 0.364 e. The van der Waals surface area contributed by atoms with Crippen molar-refractivity contribution in [1.29, 1.82) is 0 Å². The second-order valence-electron chi connectivity index (χ2n) is 10.3. The summed E-state index contributed by atoms with van der Waals surface area (Å²) in [5.74, 6) is 0.592. The van der Waals surface area contributed by atoms with E-state index in [2.05, 4.69) is 50.4 Å².